The van der Waals surface area contributed by atoms with Crippen molar-refractivity contribution in [1.82, 2.24) is 10.3 Å². The average molecular weight is 408 g/mol. The zero-order valence-corrected chi connectivity index (χ0v) is 17.1. The van der Waals surface area contributed by atoms with Crippen LogP contribution in [0.2, 0.25) is 0 Å². The molecule has 3 aromatic rings. The number of carbonyl (C=O) groups excluding carboxylic acids is 1. The molecule has 156 valence electrons. The number of carbonyl (C=O) groups is 1. The molecule has 2 aromatic carbocycles. The Morgan fingerprint density at radius 3 is 2.57 bits per heavy atom. The Bertz CT molecular complexity index is 979. The molecule has 0 radical (unpaired) electrons. The van der Waals surface area contributed by atoms with E-state index in [1.807, 2.05) is 43.3 Å². The molecule has 0 aliphatic heterocycles. The number of nitrogens with zero attached hydrogens (tertiary/aromatic N) is 1. The summed E-state index contributed by atoms with van der Waals surface area (Å²) in [7, 11) is 1.58. The number of hydrogen-bond donors (Lipinski definition) is 1. The molecule has 3 rings (SSSR count). The lowest BCUT2D eigenvalue weighted by atomic mass is 10.0. The van der Waals surface area contributed by atoms with Crippen molar-refractivity contribution >= 4 is 5.91 Å². The molecule has 0 aliphatic rings. The molecule has 0 spiro atoms. The maximum atomic E-state index is 13.3. The number of ether oxygens (including phenoxy) is 2. The highest BCUT2D eigenvalue weighted by Crippen LogP contribution is 2.29. The molecule has 0 bridgehead atoms. The molecule has 30 heavy (non-hydrogen) atoms. The number of rotatable bonds is 9. The van der Waals surface area contributed by atoms with E-state index in [9.17, 15) is 9.18 Å². The standard InChI is InChI=1S/C24H25FN2O3/c1-17(12-19-4-3-5-21(25)13-19)24(28)27-15-20-6-7-22(23(14-20)29-2)30-16-18-8-10-26-11-9-18/h3-11,13-14,17H,12,15-16H2,1-2H3,(H,27,28). The quantitative estimate of drug-likeness (QED) is 0.573. The predicted molar refractivity (Wildman–Crippen MR) is 113 cm³/mol. The third-order valence-corrected chi connectivity index (χ3v) is 4.72. The molecule has 0 fully saturated rings. The fourth-order valence-electron chi connectivity index (χ4n) is 3.05. The molecular formula is C24H25FN2O3. The fourth-order valence-corrected chi connectivity index (χ4v) is 3.05. The Kier molecular flexibility index (Phi) is 7.38. The minimum absolute atomic E-state index is 0.0868. The number of hydrogen-bond acceptors (Lipinski definition) is 4. The Balaban J connectivity index is 1.55. The largest absolute Gasteiger partial charge is 0.493 e. The molecule has 1 unspecified atom stereocenters. The van der Waals surface area contributed by atoms with E-state index in [1.54, 1.807) is 25.6 Å². The van der Waals surface area contributed by atoms with Gasteiger partial charge in [-0.3, -0.25) is 9.78 Å². The van der Waals surface area contributed by atoms with Crippen molar-refractivity contribution in [3.05, 3.63) is 89.5 Å². The topological polar surface area (TPSA) is 60.5 Å². The van der Waals surface area contributed by atoms with Crippen molar-refractivity contribution < 1.29 is 18.7 Å². The molecule has 5 nitrogen and oxygen atoms in total. The van der Waals surface area contributed by atoms with Gasteiger partial charge in [-0.15, -0.1) is 0 Å². The molecule has 6 heteroatoms. The first-order valence-electron chi connectivity index (χ1n) is 9.76. The lowest BCUT2D eigenvalue weighted by Gasteiger charge is -2.14. The van der Waals surface area contributed by atoms with E-state index in [2.05, 4.69) is 10.3 Å². The number of benzene rings is 2. The van der Waals surface area contributed by atoms with Gasteiger partial charge in [0, 0.05) is 24.9 Å². The van der Waals surface area contributed by atoms with Crippen molar-refractivity contribution in [2.75, 3.05) is 7.11 Å². The number of aromatic nitrogens is 1. The summed E-state index contributed by atoms with van der Waals surface area (Å²) in [5.41, 5.74) is 2.71. The molecule has 1 N–H and O–H groups in total. The number of nitrogens with one attached hydrogen (secondary N) is 1. The van der Waals surface area contributed by atoms with Crippen LogP contribution in [0.3, 0.4) is 0 Å². The van der Waals surface area contributed by atoms with Gasteiger partial charge in [0.1, 0.15) is 12.4 Å². The molecule has 1 heterocycles. The van der Waals surface area contributed by atoms with Crippen molar-refractivity contribution in [2.45, 2.75) is 26.5 Å². The van der Waals surface area contributed by atoms with Crippen LogP contribution in [0.15, 0.2) is 67.0 Å². The molecule has 1 aromatic heterocycles. The Hall–Kier alpha value is -3.41. The maximum Gasteiger partial charge on any atom is 0.223 e. The van der Waals surface area contributed by atoms with Gasteiger partial charge in [0.25, 0.3) is 0 Å². The van der Waals surface area contributed by atoms with Gasteiger partial charge in [-0.1, -0.05) is 25.1 Å². The van der Waals surface area contributed by atoms with Crippen molar-refractivity contribution in [1.29, 1.82) is 0 Å². The van der Waals surface area contributed by atoms with Gasteiger partial charge in [-0.05, 0) is 59.5 Å². The summed E-state index contributed by atoms with van der Waals surface area (Å²) in [5, 5.41) is 2.93. The van der Waals surface area contributed by atoms with Crippen molar-refractivity contribution in [2.24, 2.45) is 5.92 Å². The molecule has 1 atom stereocenters. The smallest absolute Gasteiger partial charge is 0.223 e. The maximum absolute atomic E-state index is 13.3. The van der Waals surface area contributed by atoms with E-state index < -0.39 is 0 Å². The Morgan fingerprint density at radius 1 is 1.03 bits per heavy atom. The lowest BCUT2D eigenvalue weighted by molar-refractivity contribution is -0.124. The van der Waals surface area contributed by atoms with Crippen LogP contribution in [-0.2, 0) is 24.4 Å². The van der Waals surface area contributed by atoms with Crippen LogP contribution in [0.5, 0.6) is 11.5 Å². The van der Waals surface area contributed by atoms with Gasteiger partial charge in [0.05, 0.1) is 7.11 Å². The summed E-state index contributed by atoms with van der Waals surface area (Å²) in [4.78, 5) is 16.4. The van der Waals surface area contributed by atoms with Crippen molar-refractivity contribution in [3.8, 4) is 11.5 Å². The summed E-state index contributed by atoms with van der Waals surface area (Å²) in [6, 6.07) is 15.7. The van der Waals surface area contributed by atoms with Crippen molar-refractivity contribution in [3.63, 3.8) is 0 Å². The third kappa shape index (κ3) is 6.04. The van der Waals surface area contributed by atoms with E-state index in [0.29, 0.717) is 31.1 Å². The Morgan fingerprint density at radius 2 is 1.83 bits per heavy atom. The average Bonchev–Trinajstić information content (AvgIpc) is 2.77. The summed E-state index contributed by atoms with van der Waals surface area (Å²) in [6.07, 6.45) is 3.92. The second kappa shape index (κ2) is 10.4. The van der Waals surface area contributed by atoms with Crippen LogP contribution in [-0.4, -0.2) is 18.0 Å². The Labute approximate surface area is 175 Å². The van der Waals surface area contributed by atoms with E-state index >= 15 is 0 Å². The SMILES string of the molecule is COc1cc(CNC(=O)C(C)Cc2cccc(F)c2)ccc1OCc1ccncc1. The number of halogens is 1. The number of methoxy groups -OCH3 is 1. The van der Waals surface area contributed by atoms with Crippen LogP contribution in [0, 0.1) is 11.7 Å². The van der Waals surface area contributed by atoms with Crippen LogP contribution in [0.4, 0.5) is 4.39 Å². The monoisotopic (exact) mass is 408 g/mol. The molecular weight excluding hydrogens is 383 g/mol. The molecule has 1 amide bonds. The first kappa shape index (κ1) is 21.3. The zero-order chi connectivity index (χ0) is 21.3. The first-order chi connectivity index (χ1) is 14.5. The van der Waals surface area contributed by atoms with Gasteiger partial charge in [0.15, 0.2) is 11.5 Å². The zero-order valence-electron chi connectivity index (χ0n) is 17.1. The van der Waals surface area contributed by atoms with Gasteiger partial charge in [0.2, 0.25) is 5.91 Å². The van der Waals surface area contributed by atoms with E-state index in [-0.39, 0.29) is 17.6 Å². The summed E-state index contributed by atoms with van der Waals surface area (Å²) in [5.74, 6) is 0.582. The molecule has 0 saturated carbocycles. The van der Waals surface area contributed by atoms with Gasteiger partial charge in [-0.2, -0.15) is 0 Å². The number of pyridine rings is 1. The lowest BCUT2D eigenvalue weighted by Crippen LogP contribution is -2.29. The highest BCUT2D eigenvalue weighted by molar-refractivity contribution is 5.78. The fraction of sp³-hybridized carbons (Fsp3) is 0.250. The van der Waals surface area contributed by atoms with Gasteiger partial charge < -0.3 is 14.8 Å². The molecule has 0 saturated heterocycles. The first-order valence-corrected chi connectivity index (χ1v) is 9.76. The highest BCUT2D eigenvalue weighted by atomic mass is 19.1. The summed E-state index contributed by atoms with van der Waals surface area (Å²) in [6.45, 7) is 2.61. The van der Waals surface area contributed by atoms with Crippen LogP contribution in [0.25, 0.3) is 0 Å². The normalized spacial score (nSPS) is 11.6. The second-order valence-electron chi connectivity index (χ2n) is 7.08. The second-order valence-corrected chi connectivity index (χ2v) is 7.08. The van der Waals surface area contributed by atoms with Crippen LogP contribution >= 0.6 is 0 Å². The van der Waals surface area contributed by atoms with Crippen LogP contribution in [0.1, 0.15) is 23.6 Å². The highest BCUT2D eigenvalue weighted by Gasteiger charge is 2.14. The summed E-state index contributed by atoms with van der Waals surface area (Å²) < 4.78 is 24.6. The van der Waals surface area contributed by atoms with Crippen LogP contribution < -0.4 is 14.8 Å². The van der Waals surface area contributed by atoms with E-state index in [1.165, 1.54) is 12.1 Å². The molecule has 0 aliphatic carbocycles. The predicted octanol–water partition coefficient (Wildman–Crippen LogP) is 4.30. The third-order valence-electron chi connectivity index (χ3n) is 4.72. The minimum Gasteiger partial charge on any atom is -0.493 e. The van der Waals surface area contributed by atoms with Gasteiger partial charge >= 0.3 is 0 Å². The van der Waals surface area contributed by atoms with Gasteiger partial charge in [-0.25, -0.2) is 4.39 Å². The van der Waals surface area contributed by atoms with E-state index in [4.69, 9.17) is 9.47 Å². The summed E-state index contributed by atoms with van der Waals surface area (Å²) >= 11 is 0. The van der Waals surface area contributed by atoms with E-state index in [0.717, 1.165) is 16.7 Å². The number of amides is 1. The minimum atomic E-state index is -0.293.